The standard InChI is InChI=1S/C15H19NOS/c1-14(2)11-6-7-15(14,3)13(17)12(11)18-10-5-4-8-16-9-10/h4-5,8-9,11-12H,6-7H2,1-3H3/t11-,12+,15+/m0/s1. The van der Waals surface area contributed by atoms with Crippen LogP contribution in [0.2, 0.25) is 0 Å². The molecule has 1 aromatic heterocycles. The van der Waals surface area contributed by atoms with Gasteiger partial charge >= 0.3 is 0 Å². The summed E-state index contributed by atoms with van der Waals surface area (Å²) in [5.41, 5.74) is 0.0293. The lowest BCUT2D eigenvalue weighted by atomic mass is 9.70. The summed E-state index contributed by atoms with van der Waals surface area (Å²) in [6.45, 7) is 6.71. The van der Waals surface area contributed by atoms with Crippen molar-refractivity contribution in [3.05, 3.63) is 24.5 Å². The minimum atomic E-state index is -0.114. The number of pyridine rings is 1. The average molecular weight is 261 g/mol. The fourth-order valence-electron chi connectivity index (χ4n) is 3.70. The third-order valence-corrected chi connectivity index (χ3v) is 6.68. The fourth-order valence-corrected chi connectivity index (χ4v) is 5.28. The summed E-state index contributed by atoms with van der Waals surface area (Å²) in [4.78, 5) is 17.9. The first-order valence-corrected chi connectivity index (χ1v) is 7.46. The zero-order chi connectivity index (χ0) is 13.0. The Morgan fingerprint density at radius 1 is 1.39 bits per heavy atom. The SMILES string of the molecule is CC1(C)[C@H]2CC[C@]1(C)C(=O)[C@@H]2Sc1cccnc1. The molecule has 2 bridgehead atoms. The van der Waals surface area contributed by atoms with Crippen LogP contribution in [0.15, 0.2) is 29.4 Å². The van der Waals surface area contributed by atoms with E-state index in [4.69, 9.17) is 0 Å². The van der Waals surface area contributed by atoms with E-state index in [1.807, 2.05) is 18.3 Å². The Hall–Kier alpha value is -0.830. The van der Waals surface area contributed by atoms with Crippen LogP contribution < -0.4 is 0 Å². The Morgan fingerprint density at radius 3 is 2.72 bits per heavy atom. The number of carbonyl (C=O) groups is 1. The normalized spacial score (nSPS) is 37.2. The molecule has 0 radical (unpaired) electrons. The molecule has 18 heavy (non-hydrogen) atoms. The highest BCUT2D eigenvalue weighted by atomic mass is 32.2. The number of fused-ring (bicyclic) bond motifs is 2. The molecule has 3 atom stereocenters. The third-order valence-electron chi connectivity index (χ3n) is 5.37. The first kappa shape index (κ1) is 12.2. The molecule has 2 saturated carbocycles. The van der Waals surface area contributed by atoms with Gasteiger partial charge in [0.1, 0.15) is 0 Å². The van der Waals surface area contributed by atoms with Gasteiger partial charge < -0.3 is 0 Å². The van der Waals surface area contributed by atoms with Crippen LogP contribution in [-0.2, 0) is 4.79 Å². The molecule has 1 aromatic rings. The van der Waals surface area contributed by atoms with Crippen LogP contribution in [0, 0.1) is 16.7 Å². The van der Waals surface area contributed by atoms with E-state index >= 15 is 0 Å². The molecule has 0 saturated heterocycles. The van der Waals surface area contributed by atoms with Gasteiger partial charge in [0.25, 0.3) is 0 Å². The molecule has 2 fully saturated rings. The molecule has 1 heterocycles. The first-order valence-electron chi connectivity index (χ1n) is 6.58. The van der Waals surface area contributed by atoms with Crippen molar-refractivity contribution in [1.29, 1.82) is 0 Å². The van der Waals surface area contributed by atoms with Crippen molar-refractivity contribution < 1.29 is 4.79 Å². The Kier molecular flexibility index (Phi) is 2.60. The lowest BCUT2D eigenvalue weighted by molar-refractivity contribution is -0.127. The summed E-state index contributed by atoms with van der Waals surface area (Å²) in [6, 6.07) is 3.99. The van der Waals surface area contributed by atoms with Crippen LogP contribution in [0.5, 0.6) is 0 Å². The van der Waals surface area contributed by atoms with Crippen molar-refractivity contribution in [3.8, 4) is 0 Å². The van der Waals surface area contributed by atoms with Crippen LogP contribution in [0.4, 0.5) is 0 Å². The molecule has 96 valence electrons. The van der Waals surface area contributed by atoms with Gasteiger partial charge in [-0.25, -0.2) is 0 Å². The second-order valence-corrected chi connectivity index (χ2v) is 7.51. The van der Waals surface area contributed by atoms with Crippen LogP contribution >= 0.6 is 11.8 Å². The number of carbonyl (C=O) groups excluding carboxylic acids is 1. The largest absolute Gasteiger partial charge is 0.298 e. The fraction of sp³-hybridized carbons (Fsp3) is 0.600. The predicted molar refractivity (Wildman–Crippen MR) is 73.5 cm³/mol. The van der Waals surface area contributed by atoms with Crippen molar-refractivity contribution in [2.75, 3.05) is 0 Å². The van der Waals surface area contributed by atoms with Crippen molar-refractivity contribution in [2.45, 2.75) is 43.8 Å². The van der Waals surface area contributed by atoms with E-state index in [0.717, 1.165) is 11.3 Å². The molecular weight excluding hydrogens is 242 g/mol. The molecule has 0 spiro atoms. The Balaban J connectivity index is 1.90. The highest BCUT2D eigenvalue weighted by molar-refractivity contribution is 8.00. The van der Waals surface area contributed by atoms with Crippen molar-refractivity contribution in [1.82, 2.24) is 4.98 Å². The quantitative estimate of drug-likeness (QED) is 0.815. The summed E-state index contributed by atoms with van der Waals surface area (Å²) in [6.07, 6.45) is 5.89. The number of hydrogen-bond acceptors (Lipinski definition) is 3. The monoisotopic (exact) mass is 261 g/mol. The van der Waals surface area contributed by atoms with Crippen LogP contribution in [-0.4, -0.2) is 16.0 Å². The van der Waals surface area contributed by atoms with Gasteiger partial charge in [0.15, 0.2) is 5.78 Å². The Morgan fingerprint density at radius 2 is 2.17 bits per heavy atom. The molecule has 0 unspecified atom stereocenters. The van der Waals surface area contributed by atoms with E-state index < -0.39 is 0 Å². The molecule has 2 nitrogen and oxygen atoms in total. The van der Waals surface area contributed by atoms with E-state index in [0.29, 0.717) is 11.7 Å². The zero-order valence-electron chi connectivity index (χ0n) is 11.1. The van der Waals surface area contributed by atoms with Crippen LogP contribution in [0.1, 0.15) is 33.6 Å². The maximum absolute atomic E-state index is 12.7. The summed E-state index contributed by atoms with van der Waals surface area (Å²) in [5.74, 6) is 0.970. The summed E-state index contributed by atoms with van der Waals surface area (Å²) < 4.78 is 0. The van der Waals surface area contributed by atoms with Crippen LogP contribution in [0.25, 0.3) is 0 Å². The predicted octanol–water partition coefficient (Wildman–Crippen LogP) is 3.57. The molecule has 0 amide bonds. The number of aromatic nitrogens is 1. The number of Topliss-reactive ketones (excluding diaryl/α,β-unsaturated/α-hetero) is 1. The molecule has 0 N–H and O–H groups in total. The smallest absolute Gasteiger partial charge is 0.152 e. The van der Waals surface area contributed by atoms with Gasteiger partial charge in [0, 0.05) is 22.7 Å². The molecule has 3 rings (SSSR count). The third kappa shape index (κ3) is 1.43. The number of nitrogens with zero attached hydrogens (tertiary/aromatic N) is 1. The highest BCUT2D eigenvalue weighted by Gasteiger charge is 2.66. The molecule has 3 heteroatoms. The topological polar surface area (TPSA) is 30.0 Å². The van der Waals surface area contributed by atoms with E-state index in [1.54, 1.807) is 18.0 Å². The van der Waals surface area contributed by atoms with E-state index in [2.05, 4.69) is 25.8 Å². The van der Waals surface area contributed by atoms with E-state index in [9.17, 15) is 4.79 Å². The summed E-state index contributed by atoms with van der Waals surface area (Å²) >= 11 is 1.71. The lowest BCUT2D eigenvalue weighted by Crippen LogP contribution is -2.34. The van der Waals surface area contributed by atoms with Gasteiger partial charge in [-0.15, -0.1) is 11.8 Å². The number of ketones is 1. The number of thioether (sulfide) groups is 1. The molecule has 0 aromatic carbocycles. The minimum Gasteiger partial charge on any atom is -0.298 e. The van der Waals surface area contributed by atoms with Gasteiger partial charge in [-0.1, -0.05) is 20.8 Å². The maximum atomic E-state index is 12.7. The lowest BCUT2D eigenvalue weighted by Gasteiger charge is -2.32. The summed E-state index contributed by atoms with van der Waals surface area (Å²) in [7, 11) is 0. The van der Waals surface area contributed by atoms with Gasteiger partial charge in [-0.2, -0.15) is 0 Å². The second-order valence-electron chi connectivity index (χ2n) is 6.29. The molecule has 2 aliphatic carbocycles. The van der Waals surface area contributed by atoms with E-state index in [-0.39, 0.29) is 16.1 Å². The van der Waals surface area contributed by atoms with Gasteiger partial charge in [0.05, 0.1) is 5.25 Å². The second kappa shape index (κ2) is 3.83. The summed E-state index contributed by atoms with van der Waals surface area (Å²) in [5, 5.41) is 0.128. The van der Waals surface area contributed by atoms with Crippen molar-refractivity contribution >= 4 is 17.5 Å². The molecule has 2 aliphatic rings. The average Bonchev–Trinajstić information content (AvgIpc) is 2.65. The highest BCUT2D eigenvalue weighted by Crippen LogP contribution is 2.66. The Labute approximate surface area is 113 Å². The number of rotatable bonds is 2. The van der Waals surface area contributed by atoms with Crippen LogP contribution in [0.3, 0.4) is 0 Å². The van der Waals surface area contributed by atoms with E-state index in [1.165, 1.54) is 6.42 Å². The van der Waals surface area contributed by atoms with Gasteiger partial charge in [-0.3, -0.25) is 9.78 Å². The zero-order valence-corrected chi connectivity index (χ0v) is 12.0. The van der Waals surface area contributed by atoms with Crippen molar-refractivity contribution in [2.24, 2.45) is 16.7 Å². The van der Waals surface area contributed by atoms with Gasteiger partial charge in [-0.05, 0) is 36.3 Å². The van der Waals surface area contributed by atoms with Crippen molar-refractivity contribution in [3.63, 3.8) is 0 Å². The minimum absolute atomic E-state index is 0.114. The maximum Gasteiger partial charge on any atom is 0.152 e. The molecule has 0 aliphatic heterocycles. The first-order chi connectivity index (χ1) is 8.47. The molecular formula is C15H19NOS. The van der Waals surface area contributed by atoms with Gasteiger partial charge in [0.2, 0.25) is 0 Å². The Bertz CT molecular complexity index is 485. The number of hydrogen-bond donors (Lipinski definition) is 0.